The normalized spacial score (nSPS) is 45.0. The molecule has 0 saturated heterocycles. The molecule has 0 spiro atoms. The van der Waals surface area contributed by atoms with Crippen molar-refractivity contribution < 1.29 is 5.11 Å². The molecule has 9 heavy (non-hydrogen) atoms. The van der Waals surface area contributed by atoms with Gasteiger partial charge in [-0.15, -0.1) is 0 Å². The van der Waals surface area contributed by atoms with Crippen LogP contribution in [-0.4, -0.2) is 23.3 Å². The predicted molar refractivity (Wildman–Crippen MR) is 35.8 cm³/mol. The van der Waals surface area contributed by atoms with Crippen molar-refractivity contribution in [2.45, 2.75) is 37.5 Å². The van der Waals surface area contributed by atoms with Crippen molar-refractivity contribution in [3.05, 3.63) is 0 Å². The average molecular weight is 130 g/mol. The molecule has 3 atom stereocenters. The predicted octanol–water partition coefficient (Wildman–Crippen LogP) is -0.814. The Hall–Kier alpha value is -0.120. The van der Waals surface area contributed by atoms with Crippen LogP contribution < -0.4 is 11.5 Å². The molecule has 0 aromatic heterocycles. The van der Waals surface area contributed by atoms with E-state index in [9.17, 15) is 0 Å². The van der Waals surface area contributed by atoms with Gasteiger partial charge in [-0.25, -0.2) is 0 Å². The van der Waals surface area contributed by atoms with Crippen LogP contribution in [0.4, 0.5) is 0 Å². The molecular formula is C6H14N2O. The molecular weight excluding hydrogens is 116 g/mol. The van der Waals surface area contributed by atoms with E-state index in [1.54, 1.807) is 0 Å². The molecule has 0 aromatic rings. The second-order valence-corrected chi connectivity index (χ2v) is 2.88. The summed E-state index contributed by atoms with van der Waals surface area (Å²) in [6, 6.07) is 0.229. The van der Waals surface area contributed by atoms with Crippen molar-refractivity contribution in [1.29, 1.82) is 0 Å². The fourth-order valence-electron chi connectivity index (χ4n) is 1.38. The Morgan fingerprint density at radius 2 is 1.44 bits per heavy atom. The number of aliphatic hydroxyl groups is 1. The first-order valence-corrected chi connectivity index (χ1v) is 3.37. The van der Waals surface area contributed by atoms with Gasteiger partial charge < -0.3 is 16.6 Å². The quantitative estimate of drug-likeness (QED) is 0.401. The van der Waals surface area contributed by atoms with Crippen LogP contribution in [0.15, 0.2) is 0 Å². The van der Waals surface area contributed by atoms with Crippen molar-refractivity contribution >= 4 is 0 Å². The molecule has 0 bridgehead atoms. The summed E-state index contributed by atoms with van der Waals surface area (Å²) in [5.41, 5.74) is 11.2. The number of nitrogens with two attached hydrogens (primary N) is 2. The Labute approximate surface area is 55.0 Å². The first-order valence-electron chi connectivity index (χ1n) is 3.37. The van der Waals surface area contributed by atoms with Gasteiger partial charge in [-0.1, -0.05) is 0 Å². The molecule has 1 unspecified atom stereocenters. The highest BCUT2D eigenvalue weighted by molar-refractivity contribution is 4.82. The Balaban J connectivity index is 2.34. The smallest absolute Gasteiger partial charge is 0.0569 e. The number of hydrogen-bond acceptors (Lipinski definition) is 3. The van der Waals surface area contributed by atoms with Crippen molar-refractivity contribution in [1.82, 2.24) is 0 Å². The fraction of sp³-hybridized carbons (Fsp3) is 1.00. The summed E-state index contributed by atoms with van der Waals surface area (Å²) >= 11 is 0. The topological polar surface area (TPSA) is 72.3 Å². The average Bonchev–Trinajstić information content (AvgIpc) is 1.59. The largest absolute Gasteiger partial charge is 0.393 e. The van der Waals surface area contributed by atoms with Gasteiger partial charge in [-0.3, -0.25) is 0 Å². The van der Waals surface area contributed by atoms with Crippen LogP contribution in [0.3, 0.4) is 0 Å². The lowest BCUT2D eigenvalue weighted by Crippen LogP contribution is -2.41. The third-order valence-corrected chi connectivity index (χ3v) is 1.76. The highest BCUT2D eigenvalue weighted by Crippen LogP contribution is 2.15. The molecule has 0 aliphatic heterocycles. The van der Waals surface area contributed by atoms with E-state index in [1.807, 2.05) is 0 Å². The van der Waals surface area contributed by atoms with Crippen LogP contribution in [-0.2, 0) is 0 Å². The Kier molecular flexibility index (Phi) is 2.05. The second-order valence-electron chi connectivity index (χ2n) is 2.88. The van der Waals surface area contributed by atoms with Crippen LogP contribution in [0.2, 0.25) is 0 Å². The lowest BCUT2D eigenvalue weighted by atomic mass is 9.90. The summed E-state index contributed by atoms with van der Waals surface area (Å²) in [4.78, 5) is 0. The highest BCUT2D eigenvalue weighted by atomic mass is 16.3. The molecule has 1 aliphatic carbocycles. The second kappa shape index (κ2) is 2.64. The van der Waals surface area contributed by atoms with Crippen LogP contribution in [0.25, 0.3) is 0 Å². The molecule has 1 aliphatic rings. The van der Waals surface area contributed by atoms with Crippen LogP contribution in [0.5, 0.6) is 0 Å². The summed E-state index contributed by atoms with van der Waals surface area (Å²) in [5.74, 6) is 0. The SMILES string of the molecule is N[C@@H]1CC(O)C[C@H](N)C1. The lowest BCUT2D eigenvalue weighted by Gasteiger charge is -2.27. The molecule has 1 saturated carbocycles. The standard InChI is InChI=1S/C6H14N2O/c7-4-1-5(8)3-6(9)2-4/h4-6,9H,1-3,7-8H2/t4-,5+,6?. The summed E-state index contributed by atoms with van der Waals surface area (Å²) in [6.07, 6.45) is 2.03. The maximum absolute atomic E-state index is 9.09. The third kappa shape index (κ3) is 1.93. The van der Waals surface area contributed by atoms with E-state index in [0.29, 0.717) is 12.8 Å². The Morgan fingerprint density at radius 1 is 1.00 bits per heavy atom. The van der Waals surface area contributed by atoms with Gasteiger partial charge in [0.25, 0.3) is 0 Å². The summed E-state index contributed by atoms with van der Waals surface area (Å²) in [5, 5.41) is 9.09. The minimum atomic E-state index is -0.260. The molecule has 0 aromatic carbocycles. The van der Waals surface area contributed by atoms with E-state index in [2.05, 4.69) is 0 Å². The van der Waals surface area contributed by atoms with E-state index >= 15 is 0 Å². The number of hydrogen-bond donors (Lipinski definition) is 3. The maximum Gasteiger partial charge on any atom is 0.0569 e. The zero-order valence-corrected chi connectivity index (χ0v) is 5.46. The third-order valence-electron chi connectivity index (χ3n) is 1.76. The van der Waals surface area contributed by atoms with Gasteiger partial charge in [0.15, 0.2) is 0 Å². The number of rotatable bonds is 0. The fourth-order valence-corrected chi connectivity index (χ4v) is 1.38. The summed E-state index contributed by atoms with van der Waals surface area (Å²) in [6.45, 7) is 0. The van der Waals surface area contributed by atoms with Crippen LogP contribution in [0, 0.1) is 0 Å². The maximum atomic E-state index is 9.09. The number of aliphatic hydroxyl groups excluding tert-OH is 1. The molecule has 0 radical (unpaired) electrons. The van der Waals surface area contributed by atoms with Gasteiger partial charge in [0.1, 0.15) is 0 Å². The minimum absolute atomic E-state index is 0.115. The van der Waals surface area contributed by atoms with Gasteiger partial charge in [-0.2, -0.15) is 0 Å². The highest BCUT2D eigenvalue weighted by Gasteiger charge is 2.22. The zero-order valence-electron chi connectivity index (χ0n) is 5.46. The van der Waals surface area contributed by atoms with Crippen LogP contribution >= 0.6 is 0 Å². The summed E-state index contributed by atoms with van der Waals surface area (Å²) in [7, 11) is 0. The van der Waals surface area contributed by atoms with E-state index in [-0.39, 0.29) is 18.2 Å². The van der Waals surface area contributed by atoms with Gasteiger partial charge in [0.2, 0.25) is 0 Å². The molecule has 54 valence electrons. The molecule has 5 N–H and O–H groups in total. The molecule has 3 nitrogen and oxygen atoms in total. The van der Waals surface area contributed by atoms with E-state index in [0.717, 1.165) is 6.42 Å². The van der Waals surface area contributed by atoms with Gasteiger partial charge in [0, 0.05) is 12.1 Å². The van der Waals surface area contributed by atoms with E-state index in [1.165, 1.54) is 0 Å². The summed E-state index contributed by atoms with van der Waals surface area (Å²) < 4.78 is 0. The van der Waals surface area contributed by atoms with Gasteiger partial charge in [-0.05, 0) is 19.3 Å². The van der Waals surface area contributed by atoms with E-state index < -0.39 is 0 Å². The molecule has 0 heterocycles. The van der Waals surface area contributed by atoms with E-state index in [4.69, 9.17) is 16.6 Å². The van der Waals surface area contributed by atoms with Crippen LogP contribution in [0.1, 0.15) is 19.3 Å². The van der Waals surface area contributed by atoms with Gasteiger partial charge >= 0.3 is 0 Å². The van der Waals surface area contributed by atoms with Crippen molar-refractivity contribution in [2.24, 2.45) is 11.5 Å². The molecule has 0 amide bonds. The minimum Gasteiger partial charge on any atom is -0.393 e. The first kappa shape index (κ1) is 6.99. The molecule has 1 fully saturated rings. The van der Waals surface area contributed by atoms with Crippen molar-refractivity contribution in [3.63, 3.8) is 0 Å². The molecule has 3 heteroatoms. The van der Waals surface area contributed by atoms with Crippen molar-refractivity contribution in [3.8, 4) is 0 Å². The van der Waals surface area contributed by atoms with Crippen molar-refractivity contribution in [2.75, 3.05) is 0 Å². The Bertz CT molecular complexity index is 72.0. The zero-order chi connectivity index (χ0) is 6.85. The molecule has 1 rings (SSSR count). The monoisotopic (exact) mass is 130 g/mol. The lowest BCUT2D eigenvalue weighted by molar-refractivity contribution is 0.111. The van der Waals surface area contributed by atoms with Gasteiger partial charge in [0.05, 0.1) is 6.10 Å². The first-order chi connectivity index (χ1) is 4.18. The Morgan fingerprint density at radius 3 is 1.78 bits per heavy atom.